The quantitative estimate of drug-likeness (QED) is 0.894. The third kappa shape index (κ3) is 3.42. The van der Waals surface area contributed by atoms with Crippen LogP contribution in [0, 0.1) is 5.82 Å². The molecule has 1 aromatic rings. The molecule has 4 heteroatoms. The van der Waals surface area contributed by atoms with Gasteiger partial charge in [-0.2, -0.15) is 0 Å². The maximum absolute atomic E-state index is 13.3. The molecule has 1 aliphatic rings. The van der Waals surface area contributed by atoms with Crippen LogP contribution in [0.3, 0.4) is 0 Å². The van der Waals surface area contributed by atoms with E-state index in [0.29, 0.717) is 10.9 Å². The van der Waals surface area contributed by atoms with Crippen LogP contribution in [0.15, 0.2) is 22.7 Å². The van der Waals surface area contributed by atoms with E-state index in [-0.39, 0.29) is 17.1 Å². The second kappa shape index (κ2) is 6.14. The Balaban J connectivity index is 2.14. The van der Waals surface area contributed by atoms with Crippen molar-refractivity contribution < 1.29 is 9.18 Å². The Labute approximate surface area is 121 Å². The highest BCUT2D eigenvalue weighted by molar-refractivity contribution is 9.10. The molecule has 1 atom stereocenters. The lowest BCUT2D eigenvalue weighted by molar-refractivity contribution is -0.124. The van der Waals surface area contributed by atoms with Crippen LogP contribution in [0.2, 0.25) is 0 Å². The summed E-state index contributed by atoms with van der Waals surface area (Å²) in [4.78, 5) is 12.5. The van der Waals surface area contributed by atoms with E-state index in [1.807, 2.05) is 6.07 Å². The molecule has 104 valence electrons. The Morgan fingerprint density at radius 1 is 1.47 bits per heavy atom. The molecular formula is C15H19BrFNO. The molecule has 0 aromatic heterocycles. The number of ketones is 1. The van der Waals surface area contributed by atoms with Gasteiger partial charge in [0.2, 0.25) is 0 Å². The summed E-state index contributed by atoms with van der Waals surface area (Å²) in [7, 11) is 0. The number of hydrogen-bond donors (Lipinski definition) is 1. The molecule has 1 heterocycles. The van der Waals surface area contributed by atoms with Crippen molar-refractivity contribution in [1.82, 2.24) is 5.32 Å². The van der Waals surface area contributed by atoms with Gasteiger partial charge in [0.15, 0.2) is 5.78 Å². The van der Waals surface area contributed by atoms with Gasteiger partial charge >= 0.3 is 0 Å². The highest BCUT2D eigenvalue weighted by atomic mass is 79.9. The molecule has 0 spiro atoms. The number of Topliss-reactive ketones (excluding diaryl/α,β-unsaturated/α-hetero) is 1. The van der Waals surface area contributed by atoms with Crippen molar-refractivity contribution in [2.45, 2.75) is 44.6 Å². The van der Waals surface area contributed by atoms with Crippen LogP contribution in [0.1, 0.15) is 38.2 Å². The first-order chi connectivity index (χ1) is 9.05. The summed E-state index contributed by atoms with van der Waals surface area (Å²) < 4.78 is 14.0. The smallest absolute Gasteiger partial charge is 0.157 e. The van der Waals surface area contributed by atoms with Crippen molar-refractivity contribution in [2.75, 3.05) is 6.54 Å². The van der Waals surface area contributed by atoms with Crippen molar-refractivity contribution in [3.05, 3.63) is 34.1 Å². The minimum Gasteiger partial charge on any atom is -0.305 e. The lowest BCUT2D eigenvalue weighted by Gasteiger charge is -2.27. The van der Waals surface area contributed by atoms with Gasteiger partial charge in [-0.3, -0.25) is 4.79 Å². The number of halogens is 2. The van der Waals surface area contributed by atoms with E-state index in [4.69, 9.17) is 0 Å². The highest BCUT2D eigenvalue weighted by Crippen LogP contribution is 2.27. The first-order valence-corrected chi connectivity index (χ1v) is 7.58. The summed E-state index contributed by atoms with van der Waals surface area (Å²) in [6.07, 6.45) is 4.08. The van der Waals surface area contributed by atoms with Crippen LogP contribution in [0.5, 0.6) is 0 Å². The molecule has 1 unspecified atom stereocenters. The van der Waals surface area contributed by atoms with Gasteiger partial charge in [0.05, 0.1) is 5.54 Å². The normalized spacial score (nSPS) is 22.7. The Hall–Kier alpha value is -0.740. The summed E-state index contributed by atoms with van der Waals surface area (Å²) in [5, 5.41) is 3.37. The van der Waals surface area contributed by atoms with Crippen LogP contribution in [0.25, 0.3) is 0 Å². The molecule has 1 fully saturated rings. The minimum absolute atomic E-state index is 0.185. The molecule has 0 amide bonds. The van der Waals surface area contributed by atoms with Crippen molar-refractivity contribution in [3.8, 4) is 0 Å². The third-order valence-electron chi connectivity index (χ3n) is 3.74. The molecule has 0 aliphatic carbocycles. The maximum atomic E-state index is 13.3. The molecule has 2 rings (SSSR count). The molecule has 2 nitrogen and oxygen atoms in total. The third-order valence-corrected chi connectivity index (χ3v) is 4.20. The van der Waals surface area contributed by atoms with Crippen LogP contribution in [-0.2, 0) is 11.2 Å². The van der Waals surface area contributed by atoms with Gasteiger partial charge in [0.1, 0.15) is 5.82 Å². The topological polar surface area (TPSA) is 29.1 Å². The monoisotopic (exact) mass is 327 g/mol. The van der Waals surface area contributed by atoms with Gasteiger partial charge in [0, 0.05) is 10.9 Å². The van der Waals surface area contributed by atoms with Gasteiger partial charge in [-0.05, 0) is 49.6 Å². The Morgan fingerprint density at radius 3 is 2.84 bits per heavy atom. The molecule has 0 saturated carbocycles. The zero-order valence-electron chi connectivity index (χ0n) is 11.1. The summed E-state index contributed by atoms with van der Waals surface area (Å²) in [6.45, 7) is 2.99. The van der Waals surface area contributed by atoms with Crippen LogP contribution >= 0.6 is 15.9 Å². The standard InChI is InChI=1S/C15H19BrFNO/c1-2-4-15(5-3-6-18-15)14(19)9-11-7-12(16)10-13(17)8-11/h7-8,10,18H,2-6,9H2,1H3. The SMILES string of the molecule is CCCC1(C(=O)Cc2cc(F)cc(Br)c2)CCCN1. The predicted molar refractivity (Wildman–Crippen MR) is 77.7 cm³/mol. The Kier molecular flexibility index (Phi) is 4.74. The minimum atomic E-state index is -0.381. The molecule has 1 aliphatic heterocycles. The average molecular weight is 328 g/mol. The fourth-order valence-corrected chi connectivity index (χ4v) is 3.40. The lowest BCUT2D eigenvalue weighted by atomic mass is 9.84. The summed E-state index contributed by atoms with van der Waals surface area (Å²) >= 11 is 3.26. The van der Waals surface area contributed by atoms with E-state index in [1.165, 1.54) is 12.1 Å². The van der Waals surface area contributed by atoms with E-state index in [2.05, 4.69) is 28.2 Å². The van der Waals surface area contributed by atoms with E-state index in [1.54, 1.807) is 0 Å². The molecule has 1 saturated heterocycles. The second-order valence-corrected chi connectivity index (χ2v) is 6.16. The number of carbonyl (C=O) groups excluding carboxylic acids is 1. The zero-order chi connectivity index (χ0) is 13.9. The number of nitrogens with one attached hydrogen (secondary N) is 1. The van der Waals surface area contributed by atoms with Crippen molar-refractivity contribution in [2.24, 2.45) is 0 Å². The number of rotatable bonds is 5. The number of benzene rings is 1. The van der Waals surface area contributed by atoms with Gasteiger partial charge in [-0.25, -0.2) is 4.39 Å². The van der Waals surface area contributed by atoms with E-state index in [9.17, 15) is 9.18 Å². The van der Waals surface area contributed by atoms with Gasteiger partial charge in [-0.15, -0.1) is 0 Å². The summed E-state index contributed by atoms with van der Waals surface area (Å²) in [6, 6.07) is 4.66. The summed E-state index contributed by atoms with van der Waals surface area (Å²) in [5.41, 5.74) is 0.356. The highest BCUT2D eigenvalue weighted by Gasteiger charge is 2.39. The lowest BCUT2D eigenvalue weighted by Crippen LogP contribution is -2.48. The largest absolute Gasteiger partial charge is 0.305 e. The Bertz CT molecular complexity index is 449. The molecular weight excluding hydrogens is 309 g/mol. The molecule has 0 bridgehead atoms. The molecule has 0 radical (unpaired) electrons. The maximum Gasteiger partial charge on any atom is 0.157 e. The van der Waals surface area contributed by atoms with Gasteiger partial charge in [-0.1, -0.05) is 29.3 Å². The zero-order valence-corrected chi connectivity index (χ0v) is 12.7. The first-order valence-electron chi connectivity index (χ1n) is 6.79. The van der Waals surface area contributed by atoms with E-state index >= 15 is 0 Å². The van der Waals surface area contributed by atoms with Crippen molar-refractivity contribution in [3.63, 3.8) is 0 Å². The summed E-state index contributed by atoms with van der Waals surface area (Å²) in [5.74, 6) is -0.120. The fourth-order valence-electron chi connectivity index (χ4n) is 2.89. The first kappa shape index (κ1) is 14.7. The fraction of sp³-hybridized carbons (Fsp3) is 0.533. The molecule has 1 aromatic carbocycles. The van der Waals surface area contributed by atoms with Crippen LogP contribution < -0.4 is 5.32 Å². The average Bonchev–Trinajstić information content (AvgIpc) is 2.78. The van der Waals surface area contributed by atoms with Crippen molar-refractivity contribution in [1.29, 1.82) is 0 Å². The van der Waals surface area contributed by atoms with E-state index in [0.717, 1.165) is 37.8 Å². The van der Waals surface area contributed by atoms with Gasteiger partial charge < -0.3 is 5.32 Å². The van der Waals surface area contributed by atoms with E-state index < -0.39 is 0 Å². The molecule has 19 heavy (non-hydrogen) atoms. The van der Waals surface area contributed by atoms with Crippen molar-refractivity contribution >= 4 is 21.7 Å². The Morgan fingerprint density at radius 2 is 2.26 bits per heavy atom. The van der Waals surface area contributed by atoms with Crippen LogP contribution in [0.4, 0.5) is 4.39 Å². The predicted octanol–water partition coefficient (Wildman–Crippen LogP) is 3.62. The number of carbonyl (C=O) groups is 1. The number of hydrogen-bond acceptors (Lipinski definition) is 2. The van der Waals surface area contributed by atoms with Gasteiger partial charge in [0.25, 0.3) is 0 Å². The molecule has 1 N–H and O–H groups in total. The second-order valence-electron chi connectivity index (χ2n) is 5.24. The van der Waals surface area contributed by atoms with Crippen LogP contribution in [-0.4, -0.2) is 17.9 Å².